The van der Waals surface area contributed by atoms with Crippen molar-refractivity contribution in [1.29, 1.82) is 0 Å². The minimum atomic E-state index is -4.29. The highest BCUT2D eigenvalue weighted by Gasteiger charge is 2.41. The molecule has 1 fully saturated rings. The number of nitrogens with zero attached hydrogens (tertiary/aromatic N) is 3. The largest absolute Gasteiger partial charge is 0.504 e. The predicted molar refractivity (Wildman–Crippen MR) is 136 cm³/mol. The van der Waals surface area contributed by atoms with Crippen LogP contribution < -0.4 is 20.1 Å². The molecule has 11 heteroatoms. The molecule has 1 aliphatic heterocycles. The molecule has 4 rings (SSSR count). The third-order valence-electron chi connectivity index (χ3n) is 6.87. The first-order valence-electron chi connectivity index (χ1n) is 11.4. The fourth-order valence-electron chi connectivity index (χ4n) is 4.35. The van der Waals surface area contributed by atoms with Crippen molar-refractivity contribution >= 4 is 27.6 Å². The second-order valence-corrected chi connectivity index (χ2v) is 10.9. The van der Waals surface area contributed by atoms with Crippen LogP contribution in [0.25, 0.3) is 11.3 Å². The average molecular weight is 512 g/mol. The van der Waals surface area contributed by atoms with Crippen molar-refractivity contribution in [2.45, 2.75) is 37.6 Å². The summed E-state index contributed by atoms with van der Waals surface area (Å²) in [4.78, 5) is 23.6. The number of ether oxygens (including phenoxy) is 1. The van der Waals surface area contributed by atoms with Gasteiger partial charge in [0.1, 0.15) is 16.5 Å². The number of aromatic hydroxyl groups is 1. The number of nitrogens with two attached hydrogens (primary N) is 1. The average Bonchev–Trinajstić information content (AvgIpc) is 3.10. The maximum atomic E-state index is 13.3. The number of pyridine rings is 2. The number of phenolic OH excluding ortho intramolecular Hbond substituents is 1. The van der Waals surface area contributed by atoms with Gasteiger partial charge in [0.05, 0.1) is 18.4 Å². The number of rotatable bonds is 6. The molecule has 10 nitrogen and oxygen atoms in total. The number of para-hydroxylation sites is 1. The molecule has 3 aromatic rings. The van der Waals surface area contributed by atoms with Crippen molar-refractivity contribution in [3.8, 4) is 22.8 Å². The van der Waals surface area contributed by atoms with Gasteiger partial charge in [-0.15, -0.1) is 0 Å². The maximum absolute atomic E-state index is 13.3. The Labute approximate surface area is 210 Å². The van der Waals surface area contributed by atoms with Crippen LogP contribution in [0.15, 0.2) is 53.6 Å². The molecule has 0 saturated carbocycles. The van der Waals surface area contributed by atoms with Crippen LogP contribution in [0.2, 0.25) is 0 Å². The van der Waals surface area contributed by atoms with Crippen LogP contribution in [0, 0.1) is 5.92 Å². The number of methoxy groups -OCH3 is 1. The predicted octanol–water partition coefficient (Wildman–Crippen LogP) is 3.18. The number of carbonyl (C=O) groups is 1. The number of nitrogen functional groups attached to an aromatic ring is 1. The van der Waals surface area contributed by atoms with Crippen LogP contribution in [-0.4, -0.2) is 48.6 Å². The molecule has 0 bridgehead atoms. The van der Waals surface area contributed by atoms with E-state index in [1.165, 1.54) is 31.5 Å². The number of hydrogen-bond donors (Lipinski definition) is 3. The number of sulfonamides is 1. The molecule has 36 heavy (non-hydrogen) atoms. The topological polar surface area (TPSA) is 148 Å². The molecule has 1 saturated heterocycles. The Kier molecular flexibility index (Phi) is 6.52. The van der Waals surface area contributed by atoms with E-state index in [9.17, 15) is 18.3 Å². The molecule has 0 spiro atoms. The normalized spacial score (nSPS) is 17.1. The zero-order valence-electron chi connectivity index (χ0n) is 20.5. The molecule has 1 unspecified atom stereocenters. The van der Waals surface area contributed by atoms with E-state index in [4.69, 9.17) is 15.5 Å². The number of anilines is 2. The van der Waals surface area contributed by atoms with E-state index >= 15 is 0 Å². The number of aromatic nitrogens is 2. The SMILES string of the molecule is COc1cccc(-c2ccc(C(=O)NS(=O)(=O)c3cccnc3N)c(N3CCC(C)C3(C)C)n2)c1O. The van der Waals surface area contributed by atoms with E-state index in [1.807, 2.05) is 4.90 Å². The second-order valence-electron chi connectivity index (χ2n) is 9.24. The Morgan fingerprint density at radius 3 is 2.61 bits per heavy atom. The van der Waals surface area contributed by atoms with Crippen molar-refractivity contribution in [3.05, 3.63) is 54.2 Å². The van der Waals surface area contributed by atoms with Crippen LogP contribution in [-0.2, 0) is 10.0 Å². The highest BCUT2D eigenvalue weighted by Crippen LogP contribution is 2.41. The smallest absolute Gasteiger partial charge is 0.268 e. The van der Waals surface area contributed by atoms with Gasteiger partial charge in [-0.3, -0.25) is 4.79 Å². The number of amides is 1. The van der Waals surface area contributed by atoms with E-state index in [0.717, 1.165) is 6.42 Å². The van der Waals surface area contributed by atoms with E-state index < -0.39 is 15.9 Å². The van der Waals surface area contributed by atoms with Crippen molar-refractivity contribution < 1.29 is 23.1 Å². The molecule has 1 aromatic carbocycles. The lowest BCUT2D eigenvalue weighted by Crippen LogP contribution is -2.43. The van der Waals surface area contributed by atoms with Crippen LogP contribution >= 0.6 is 0 Å². The van der Waals surface area contributed by atoms with Crippen molar-refractivity contribution in [2.24, 2.45) is 5.92 Å². The summed E-state index contributed by atoms with van der Waals surface area (Å²) in [5.41, 5.74) is 6.28. The van der Waals surface area contributed by atoms with Gasteiger partial charge < -0.3 is 20.5 Å². The molecule has 0 radical (unpaired) electrons. The molecule has 0 aliphatic carbocycles. The molecular formula is C25H29N5O5S. The molecule has 190 valence electrons. The summed E-state index contributed by atoms with van der Waals surface area (Å²) in [6.45, 7) is 6.85. The van der Waals surface area contributed by atoms with Crippen LogP contribution in [0.5, 0.6) is 11.5 Å². The Hall–Kier alpha value is -3.86. The molecule has 1 atom stereocenters. The van der Waals surface area contributed by atoms with Gasteiger partial charge in [-0.05, 0) is 62.6 Å². The third-order valence-corrected chi connectivity index (χ3v) is 8.25. The van der Waals surface area contributed by atoms with E-state index in [2.05, 4.69) is 30.5 Å². The van der Waals surface area contributed by atoms with Gasteiger partial charge >= 0.3 is 0 Å². The van der Waals surface area contributed by atoms with Gasteiger partial charge in [0.15, 0.2) is 11.5 Å². The minimum Gasteiger partial charge on any atom is -0.504 e. The lowest BCUT2D eigenvalue weighted by atomic mass is 9.90. The zero-order chi connectivity index (χ0) is 26.3. The summed E-state index contributed by atoms with van der Waals surface area (Å²) in [6.07, 6.45) is 2.23. The fourth-order valence-corrected chi connectivity index (χ4v) is 5.40. The number of phenols is 1. The number of benzene rings is 1. The van der Waals surface area contributed by atoms with E-state index in [0.29, 0.717) is 29.5 Å². The fraction of sp³-hybridized carbons (Fsp3) is 0.320. The van der Waals surface area contributed by atoms with E-state index in [-0.39, 0.29) is 33.3 Å². The summed E-state index contributed by atoms with van der Waals surface area (Å²) in [7, 11) is -2.83. The Morgan fingerprint density at radius 1 is 1.22 bits per heavy atom. The Balaban J connectivity index is 1.82. The van der Waals surface area contributed by atoms with Crippen molar-refractivity contribution in [2.75, 3.05) is 24.3 Å². The number of hydrogen-bond acceptors (Lipinski definition) is 9. The molecule has 3 heterocycles. The molecule has 2 aromatic heterocycles. The standard InChI is InChI=1S/C25H29N5O5S/c1-15-12-14-30(25(15,2)3)23-17(24(32)29-36(33,34)20-9-6-13-27-22(20)26)10-11-18(28-23)16-7-5-8-19(35-4)21(16)31/h5-11,13,15,31H,12,14H2,1-4H3,(H2,26,27)(H,29,32). The second kappa shape index (κ2) is 9.30. The molecule has 4 N–H and O–H groups in total. The van der Waals surface area contributed by atoms with Gasteiger partial charge in [-0.2, -0.15) is 0 Å². The first kappa shape index (κ1) is 25.2. The lowest BCUT2D eigenvalue weighted by Gasteiger charge is -2.36. The van der Waals surface area contributed by atoms with Gasteiger partial charge in [0.2, 0.25) is 0 Å². The summed E-state index contributed by atoms with van der Waals surface area (Å²) in [5.74, 6) is -0.252. The van der Waals surface area contributed by atoms with Gasteiger partial charge in [0, 0.05) is 23.8 Å². The van der Waals surface area contributed by atoms with Gasteiger partial charge in [0.25, 0.3) is 15.9 Å². The third kappa shape index (κ3) is 4.41. The Morgan fingerprint density at radius 2 is 1.97 bits per heavy atom. The van der Waals surface area contributed by atoms with Crippen molar-refractivity contribution in [1.82, 2.24) is 14.7 Å². The number of carbonyl (C=O) groups excluding carboxylic acids is 1. The minimum absolute atomic E-state index is 0.0781. The van der Waals surface area contributed by atoms with Crippen molar-refractivity contribution in [3.63, 3.8) is 0 Å². The zero-order valence-corrected chi connectivity index (χ0v) is 21.3. The highest BCUT2D eigenvalue weighted by molar-refractivity contribution is 7.90. The summed E-state index contributed by atoms with van der Waals surface area (Å²) < 4.78 is 33.2. The van der Waals surface area contributed by atoms with E-state index in [1.54, 1.807) is 24.3 Å². The number of nitrogens with one attached hydrogen (secondary N) is 1. The molecule has 1 aliphatic rings. The highest BCUT2D eigenvalue weighted by atomic mass is 32.2. The molecule has 1 amide bonds. The maximum Gasteiger partial charge on any atom is 0.268 e. The monoisotopic (exact) mass is 511 g/mol. The van der Waals surface area contributed by atoms with Crippen LogP contribution in [0.3, 0.4) is 0 Å². The first-order valence-corrected chi connectivity index (χ1v) is 12.9. The lowest BCUT2D eigenvalue weighted by molar-refractivity contribution is 0.0981. The summed E-state index contributed by atoms with van der Waals surface area (Å²) in [6, 6.07) is 10.8. The van der Waals surface area contributed by atoms with Crippen LogP contribution in [0.4, 0.5) is 11.6 Å². The first-order chi connectivity index (χ1) is 17.0. The van der Waals surface area contributed by atoms with Crippen LogP contribution in [0.1, 0.15) is 37.6 Å². The molecular weight excluding hydrogens is 482 g/mol. The summed E-state index contributed by atoms with van der Waals surface area (Å²) in [5, 5.41) is 10.7. The quantitative estimate of drug-likeness (QED) is 0.454. The van der Waals surface area contributed by atoms with Gasteiger partial charge in [-0.1, -0.05) is 13.0 Å². The summed E-state index contributed by atoms with van der Waals surface area (Å²) >= 11 is 0. The van der Waals surface area contributed by atoms with Gasteiger partial charge in [-0.25, -0.2) is 23.1 Å². The Bertz CT molecular complexity index is 1420.